The highest BCUT2D eigenvalue weighted by Gasteiger charge is 2.15. The van der Waals surface area contributed by atoms with Crippen molar-refractivity contribution in [3.63, 3.8) is 0 Å². The van der Waals surface area contributed by atoms with Crippen molar-refractivity contribution in [2.24, 2.45) is 0 Å². The quantitative estimate of drug-likeness (QED) is 0.183. The fourth-order valence-corrected chi connectivity index (χ4v) is 2.24. The van der Waals surface area contributed by atoms with Crippen LogP contribution in [0, 0.1) is 0 Å². The Morgan fingerprint density at radius 3 is 2.00 bits per heavy atom. The number of rotatable bonds is 20. The summed E-state index contributed by atoms with van der Waals surface area (Å²) in [6, 6.07) is 0. The van der Waals surface area contributed by atoms with Crippen LogP contribution >= 0.6 is 0 Å². The first-order valence-electron chi connectivity index (χ1n) is 11.2. The molecule has 0 aliphatic rings. The minimum atomic E-state index is -0.641. The van der Waals surface area contributed by atoms with Gasteiger partial charge in [-0.2, -0.15) is 0 Å². The average Bonchev–Trinajstić information content (AvgIpc) is 2.79. The van der Waals surface area contributed by atoms with Crippen molar-refractivity contribution >= 4 is 24.4 Å². The van der Waals surface area contributed by atoms with Crippen LogP contribution in [0.4, 0.5) is 9.59 Å². The van der Waals surface area contributed by atoms with E-state index in [1.807, 2.05) is 13.8 Å². The number of amides is 3. The number of hydrogen-bond donors (Lipinski definition) is 3. The van der Waals surface area contributed by atoms with Gasteiger partial charge in [0.05, 0.1) is 6.61 Å². The van der Waals surface area contributed by atoms with Crippen LogP contribution in [0.3, 0.4) is 0 Å². The predicted octanol–water partition coefficient (Wildman–Crippen LogP) is 1.54. The Morgan fingerprint density at radius 1 is 0.812 bits per heavy atom. The molecule has 3 N–H and O–H groups in total. The molecule has 11 nitrogen and oxygen atoms in total. The van der Waals surface area contributed by atoms with E-state index < -0.39 is 18.3 Å². The summed E-state index contributed by atoms with van der Waals surface area (Å²) in [6.07, 6.45) is 2.48. The molecule has 0 heterocycles. The second-order valence-electron chi connectivity index (χ2n) is 6.92. The summed E-state index contributed by atoms with van der Waals surface area (Å²) in [4.78, 5) is 45.2. The highest BCUT2D eigenvalue weighted by atomic mass is 16.6. The van der Waals surface area contributed by atoms with Gasteiger partial charge in [-0.1, -0.05) is 13.8 Å². The van der Waals surface area contributed by atoms with E-state index in [1.165, 1.54) is 0 Å². The van der Waals surface area contributed by atoms with Gasteiger partial charge in [-0.25, -0.2) is 9.59 Å². The molecule has 11 heteroatoms. The Morgan fingerprint density at radius 2 is 1.44 bits per heavy atom. The van der Waals surface area contributed by atoms with E-state index >= 15 is 0 Å². The largest absolute Gasteiger partial charge is 0.447 e. The first kappa shape index (κ1) is 29.6. The molecule has 0 aromatic rings. The van der Waals surface area contributed by atoms with Crippen molar-refractivity contribution in [1.29, 1.82) is 0 Å². The van der Waals surface area contributed by atoms with Gasteiger partial charge in [-0.05, 0) is 25.7 Å². The Hall–Kier alpha value is -2.40. The number of unbranched alkanes of at least 4 members (excludes halogenated alkanes) is 1. The summed E-state index contributed by atoms with van der Waals surface area (Å²) in [6.45, 7) is 6.19. The smallest absolute Gasteiger partial charge is 0.407 e. The zero-order chi connectivity index (χ0) is 23.9. The van der Waals surface area contributed by atoms with Crippen molar-refractivity contribution < 1.29 is 38.1 Å². The maximum atomic E-state index is 11.8. The van der Waals surface area contributed by atoms with Crippen LogP contribution in [0.1, 0.15) is 52.4 Å². The first-order valence-corrected chi connectivity index (χ1v) is 11.2. The van der Waals surface area contributed by atoms with Crippen molar-refractivity contribution in [3.8, 4) is 0 Å². The molecule has 0 saturated heterocycles. The van der Waals surface area contributed by atoms with E-state index in [1.54, 1.807) is 0 Å². The summed E-state index contributed by atoms with van der Waals surface area (Å²) in [5, 5.41) is 7.91. The SMILES string of the molecule is CCCNC(=O)OCC(COC(=O)NCCC)OCCCC(=O)NCCOCCCC=O. The molecule has 0 atom stereocenters. The van der Waals surface area contributed by atoms with Crippen molar-refractivity contribution in [3.05, 3.63) is 0 Å². The number of nitrogens with one attached hydrogen (secondary N) is 3. The number of aldehydes is 1. The Labute approximate surface area is 190 Å². The van der Waals surface area contributed by atoms with Gasteiger partial charge in [0.1, 0.15) is 25.6 Å². The van der Waals surface area contributed by atoms with E-state index in [9.17, 15) is 19.2 Å². The van der Waals surface area contributed by atoms with E-state index in [0.717, 1.165) is 19.1 Å². The lowest BCUT2D eigenvalue weighted by molar-refractivity contribution is -0.121. The molecule has 0 aromatic carbocycles. The molecule has 186 valence electrons. The molecule has 0 radical (unpaired) electrons. The normalized spacial score (nSPS) is 10.5. The van der Waals surface area contributed by atoms with Gasteiger partial charge >= 0.3 is 12.2 Å². The van der Waals surface area contributed by atoms with E-state index in [2.05, 4.69) is 16.0 Å². The molecule has 32 heavy (non-hydrogen) atoms. The zero-order valence-electron chi connectivity index (χ0n) is 19.3. The highest BCUT2D eigenvalue weighted by molar-refractivity contribution is 5.75. The maximum absolute atomic E-state index is 11.8. The zero-order valence-corrected chi connectivity index (χ0v) is 19.3. The van der Waals surface area contributed by atoms with Gasteiger partial charge in [0.2, 0.25) is 5.91 Å². The summed E-state index contributed by atoms with van der Waals surface area (Å²) in [5.74, 6) is -0.132. The Bertz CT molecular complexity index is 495. The van der Waals surface area contributed by atoms with Crippen LogP contribution in [0.15, 0.2) is 0 Å². The van der Waals surface area contributed by atoms with Gasteiger partial charge in [0.25, 0.3) is 0 Å². The summed E-state index contributed by atoms with van der Waals surface area (Å²) >= 11 is 0. The summed E-state index contributed by atoms with van der Waals surface area (Å²) < 4.78 is 21.1. The van der Waals surface area contributed by atoms with Crippen molar-refractivity contribution in [2.45, 2.75) is 58.5 Å². The summed E-state index contributed by atoms with van der Waals surface area (Å²) in [7, 11) is 0. The molecule has 0 spiro atoms. The molecule has 0 aliphatic carbocycles. The average molecular weight is 462 g/mol. The fourth-order valence-electron chi connectivity index (χ4n) is 2.24. The monoisotopic (exact) mass is 461 g/mol. The molecule has 0 bridgehead atoms. The second kappa shape index (κ2) is 21.8. The number of hydrogen-bond acceptors (Lipinski definition) is 8. The fraction of sp³-hybridized carbons (Fsp3) is 0.810. The maximum Gasteiger partial charge on any atom is 0.407 e. The molecule has 3 amide bonds. The number of alkyl carbamates (subject to hydrolysis) is 2. The van der Waals surface area contributed by atoms with E-state index in [4.69, 9.17) is 18.9 Å². The van der Waals surface area contributed by atoms with E-state index in [-0.39, 0.29) is 32.1 Å². The van der Waals surface area contributed by atoms with Gasteiger partial charge in [-0.15, -0.1) is 0 Å². The Kier molecular flexibility index (Phi) is 20.2. The van der Waals surface area contributed by atoms with Crippen LogP contribution < -0.4 is 16.0 Å². The molecule has 0 aliphatic heterocycles. The highest BCUT2D eigenvalue weighted by Crippen LogP contribution is 2.00. The topological polar surface area (TPSA) is 141 Å². The lowest BCUT2D eigenvalue weighted by Crippen LogP contribution is -2.35. The van der Waals surface area contributed by atoms with Gasteiger partial charge in [0, 0.05) is 45.7 Å². The van der Waals surface area contributed by atoms with Crippen LogP contribution in [0.2, 0.25) is 0 Å². The molecule has 0 saturated carbocycles. The second-order valence-corrected chi connectivity index (χ2v) is 6.92. The van der Waals surface area contributed by atoms with Crippen molar-refractivity contribution in [1.82, 2.24) is 16.0 Å². The number of ether oxygens (including phenoxy) is 4. The number of carbonyl (C=O) groups is 4. The van der Waals surface area contributed by atoms with Crippen LogP contribution in [-0.4, -0.2) is 83.2 Å². The van der Waals surface area contributed by atoms with E-state index in [0.29, 0.717) is 52.1 Å². The predicted molar refractivity (Wildman–Crippen MR) is 117 cm³/mol. The third-order valence-electron chi connectivity index (χ3n) is 3.92. The standard InChI is InChI=1S/C21H39N3O8/c1-3-9-23-20(27)31-16-18(17-32-21(28)24-10-4-2)30-14-7-8-19(26)22-11-15-29-13-6-5-12-25/h12,18H,3-11,13-17H2,1-2H3,(H,22,26)(H,23,27)(H,24,28). The first-order chi connectivity index (χ1) is 15.5. The third kappa shape index (κ3) is 19.6. The molecule has 0 aromatic heterocycles. The minimum Gasteiger partial charge on any atom is -0.447 e. The molecular formula is C21H39N3O8. The van der Waals surface area contributed by atoms with Gasteiger partial charge < -0.3 is 39.7 Å². The molecule has 0 rings (SSSR count). The van der Waals surface area contributed by atoms with Crippen LogP contribution in [-0.2, 0) is 28.5 Å². The van der Waals surface area contributed by atoms with Crippen LogP contribution in [0.25, 0.3) is 0 Å². The summed E-state index contributed by atoms with van der Waals surface area (Å²) in [5.41, 5.74) is 0. The minimum absolute atomic E-state index is 0.0791. The van der Waals surface area contributed by atoms with Crippen LogP contribution in [0.5, 0.6) is 0 Å². The lowest BCUT2D eigenvalue weighted by atomic mass is 10.3. The molecule has 0 fully saturated rings. The van der Waals surface area contributed by atoms with Gasteiger partial charge in [0.15, 0.2) is 0 Å². The Balaban J connectivity index is 4.11. The third-order valence-corrected chi connectivity index (χ3v) is 3.92. The number of carbonyl (C=O) groups excluding carboxylic acids is 4. The van der Waals surface area contributed by atoms with Crippen molar-refractivity contribution in [2.75, 3.05) is 52.7 Å². The lowest BCUT2D eigenvalue weighted by Gasteiger charge is -2.18. The molecule has 0 unspecified atom stereocenters. The van der Waals surface area contributed by atoms with Gasteiger partial charge in [-0.3, -0.25) is 4.79 Å². The molecular weight excluding hydrogens is 422 g/mol.